The van der Waals surface area contributed by atoms with Crippen molar-refractivity contribution in [2.45, 2.75) is 22.7 Å². The third-order valence-electron chi connectivity index (χ3n) is 2.17. The Labute approximate surface area is 131 Å². The maximum Gasteiger partial charge on any atom is 0.464 e. The Morgan fingerprint density at radius 2 is 1.70 bits per heavy atom. The highest BCUT2D eigenvalue weighted by molar-refractivity contribution is 9.11. The van der Waals surface area contributed by atoms with Crippen LogP contribution in [0.5, 0.6) is 5.75 Å². The van der Waals surface area contributed by atoms with E-state index in [9.17, 15) is 31.4 Å². The minimum atomic E-state index is -5.73. The zero-order valence-electron chi connectivity index (χ0n) is 9.37. The van der Waals surface area contributed by atoms with Gasteiger partial charge in [-0.3, -0.25) is 4.39 Å². The van der Waals surface area contributed by atoms with Crippen molar-refractivity contribution in [1.29, 1.82) is 0 Å². The molecule has 0 spiro atoms. The topological polar surface area (TPSA) is 20.2 Å². The highest BCUT2D eigenvalue weighted by atomic mass is 79.9. The van der Waals surface area contributed by atoms with E-state index in [0.717, 1.165) is 6.07 Å². The van der Waals surface area contributed by atoms with E-state index in [2.05, 4.69) is 31.9 Å². The van der Waals surface area contributed by atoms with Crippen LogP contribution in [-0.2, 0) is 6.42 Å². The molecule has 114 valence electrons. The van der Waals surface area contributed by atoms with Gasteiger partial charge in [-0.1, -0.05) is 0 Å². The number of phenols is 1. The summed E-state index contributed by atoms with van der Waals surface area (Å²) in [6, 6.07) is 0.898. The molecule has 1 aromatic rings. The van der Waals surface area contributed by atoms with Gasteiger partial charge in [0.15, 0.2) is 0 Å². The molecule has 0 aliphatic rings. The molecule has 0 radical (unpaired) electrons. The lowest BCUT2D eigenvalue weighted by Gasteiger charge is -2.21. The summed E-state index contributed by atoms with van der Waals surface area (Å²) in [5.74, 6) is -0.395. The van der Waals surface area contributed by atoms with E-state index in [1.54, 1.807) is 0 Å². The lowest BCUT2D eigenvalue weighted by atomic mass is 10.1. The van der Waals surface area contributed by atoms with Crippen LogP contribution in [0.2, 0.25) is 0 Å². The molecule has 0 aliphatic heterocycles. The van der Waals surface area contributed by atoms with E-state index in [1.165, 1.54) is 0 Å². The van der Waals surface area contributed by atoms with Crippen LogP contribution in [0.15, 0.2) is 19.9 Å². The van der Waals surface area contributed by atoms with Crippen LogP contribution in [0.1, 0.15) is 5.56 Å². The number of rotatable bonds is 4. The van der Waals surface area contributed by atoms with Gasteiger partial charge in [-0.15, -0.1) is 0 Å². The number of benzene rings is 1. The molecule has 1 nitrogen and oxygen atoms in total. The molecule has 0 saturated carbocycles. The fourth-order valence-electron chi connectivity index (χ4n) is 1.24. The quantitative estimate of drug-likeness (QED) is 0.473. The average Bonchev–Trinajstić information content (AvgIpc) is 2.29. The summed E-state index contributed by atoms with van der Waals surface area (Å²) in [5, 5.41) is 4.54. The SMILES string of the molecule is Oc1c(Br)cc(SC(F)(F)C(F)(F)F)c(CCF)c1Br. The maximum absolute atomic E-state index is 13.1. The second-order valence-corrected chi connectivity index (χ2v) is 6.36. The summed E-state index contributed by atoms with van der Waals surface area (Å²) in [6.07, 6.45) is -6.14. The van der Waals surface area contributed by atoms with Crippen molar-refractivity contribution in [2.75, 3.05) is 6.67 Å². The van der Waals surface area contributed by atoms with Gasteiger partial charge in [0, 0.05) is 11.3 Å². The third kappa shape index (κ3) is 3.76. The van der Waals surface area contributed by atoms with E-state index in [0.29, 0.717) is 0 Å². The minimum absolute atomic E-state index is 0.0764. The Hall–Kier alpha value is -0.0900. The molecule has 1 rings (SSSR count). The van der Waals surface area contributed by atoms with Gasteiger partial charge in [0.2, 0.25) is 0 Å². The van der Waals surface area contributed by atoms with Gasteiger partial charge in [-0.05, 0) is 55.3 Å². The molecular weight excluding hydrogens is 442 g/mol. The highest BCUT2D eigenvalue weighted by Gasteiger charge is 2.58. The first-order valence-electron chi connectivity index (χ1n) is 4.90. The Balaban J connectivity index is 3.31. The fourth-order valence-corrected chi connectivity index (χ4v) is 3.74. The number of hydrogen-bond donors (Lipinski definition) is 1. The number of halogens is 8. The molecule has 0 heterocycles. The lowest BCUT2D eigenvalue weighted by Crippen LogP contribution is -2.32. The summed E-state index contributed by atoms with van der Waals surface area (Å²) in [6.45, 7) is -0.967. The van der Waals surface area contributed by atoms with Crippen molar-refractivity contribution < 1.29 is 31.4 Å². The first kappa shape index (κ1) is 18.0. The third-order valence-corrected chi connectivity index (χ3v) is 4.70. The molecular formula is C10H6Br2F6OS. The smallest absolute Gasteiger partial charge is 0.464 e. The summed E-state index contributed by atoms with van der Waals surface area (Å²) in [4.78, 5) is -0.471. The van der Waals surface area contributed by atoms with Gasteiger partial charge < -0.3 is 5.11 Å². The van der Waals surface area contributed by atoms with Crippen molar-refractivity contribution in [3.63, 3.8) is 0 Å². The van der Waals surface area contributed by atoms with E-state index in [4.69, 9.17) is 0 Å². The van der Waals surface area contributed by atoms with Gasteiger partial charge in [0.1, 0.15) is 5.75 Å². The van der Waals surface area contributed by atoms with Crippen LogP contribution in [-0.4, -0.2) is 23.2 Å². The van der Waals surface area contributed by atoms with Gasteiger partial charge >= 0.3 is 11.4 Å². The summed E-state index contributed by atoms with van der Waals surface area (Å²) in [5.41, 5.74) is -0.151. The molecule has 1 N–H and O–H groups in total. The van der Waals surface area contributed by atoms with Gasteiger partial charge in [0.25, 0.3) is 0 Å². The second-order valence-electron chi connectivity index (χ2n) is 3.55. The van der Waals surface area contributed by atoms with E-state index in [1.807, 2.05) is 0 Å². The molecule has 0 bridgehead atoms. The van der Waals surface area contributed by atoms with Gasteiger partial charge in [0.05, 0.1) is 15.6 Å². The van der Waals surface area contributed by atoms with Crippen LogP contribution < -0.4 is 0 Å². The highest BCUT2D eigenvalue weighted by Crippen LogP contribution is 2.51. The molecule has 0 saturated heterocycles. The Bertz CT molecular complexity index is 506. The van der Waals surface area contributed by atoms with Crippen LogP contribution >= 0.6 is 43.6 Å². The first-order chi connectivity index (χ1) is 9.01. The zero-order chi connectivity index (χ0) is 15.7. The van der Waals surface area contributed by atoms with Gasteiger partial charge in [-0.25, -0.2) is 0 Å². The predicted molar refractivity (Wildman–Crippen MR) is 70.0 cm³/mol. The second kappa shape index (κ2) is 6.35. The number of phenolic OH excluding ortho intramolecular Hbond substituents is 1. The number of thioether (sulfide) groups is 1. The van der Waals surface area contributed by atoms with Crippen molar-refractivity contribution in [2.24, 2.45) is 0 Å². The maximum atomic E-state index is 13.1. The lowest BCUT2D eigenvalue weighted by molar-refractivity contribution is -0.237. The summed E-state index contributed by atoms with van der Waals surface area (Å²) >= 11 is 4.94. The molecule has 10 heteroatoms. The van der Waals surface area contributed by atoms with Crippen molar-refractivity contribution >= 4 is 43.6 Å². The Morgan fingerprint density at radius 3 is 2.15 bits per heavy atom. The first-order valence-corrected chi connectivity index (χ1v) is 7.31. The van der Waals surface area contributed by atoms with Crippen molar-refractivity contribution in [3.8, 4) is 5.75 Å². The molecule has 0 amide bonds. The zero-order valence-corrected chi connectivity index (χ0v) is 13.4. The number of alkyl halides is 6. The van der Waals surface area contributed by atoms with E-state index < -0.39 is 46.9 Å². The van der Waals surface area contributed by atoms with Crippen LogP contribution in [0.4, 0.5) is 26.3 Å². The van der Waals surface area contributed by atoms with Gasteiger partial charge in [-0.2, -0.15) is 22.0 Å². The molecule has 1 aromatic carbocycles. The van der Waals surface area contributed by atoms with E-state index >= 15 is 0 Å². The van der Waals surface area contributed by atoms with Crippen LogP contribution in [0, 0.1) is 0 Å². The van der Waals surface area contributed by atoms with Crippen molar-refractivity contribution in [1.82, 2.24) is 0 Å². The van der Waals surface area contributed by atoms with Crippen LogP contribution in [0.25, 0.3) is 0 Å². The summed E-state index contributed by atoms with van der Waals surface area (Å²) in [7, 11) is 0. The Morgan fingerprint density at radius 1 is 1.15 bits per heavy atom. The number of hydrogen-bond acceptors (Lipinski definition) is 2. The predicted octanol–water partition coefficient (Wildman–Crippen LogP) is 5.68. The largest absolute Gasteiger partial charge is 0.506 e. The monoisotopic (exact) mass is 446 g/mol. The molecule has 0 fully saturated rings. The van der Waals surface area contributed by atoms with Crippen LogP contribution in [0.3, 0.4) is 0 Å². The fraction of sp³-hybridized carbons (Fsp3) is 0.400. The molecule has 0 aliphatic carbocycles. The van der Waals surface area contributed by atoms with Crippen molar-refractivity contribution in [3.05, 3.63) is 20.6 Å². The minimum Gasteiger partial charge on any atom is -0.506 e. The standard InChI is InChI=1S/C10H6Br2F6OS/c11-5-3-6(20-10(17,18)9(14,15)16)4(1-2-13)7(12)8(5)19/h3,19H,1-2H2. The normalized spacial score (nSPS) is 12.8. The van der Waals surface area contributed by atoms with E-state index in [-0.39, 0.29) is 14.5 Å². The summed E-state index contributed by atoms with van der Waals surface area (Å²) < 4.78 is 74.9. The average molecular weight is 448 g/mol. The molecule has 20 heavy (non-hydrogen) atoms. The molecule has 0 atom stereocenters. The molecule has 0 unspecified atom stereocenters. The molecule has 0 aromatic heterocycles. The number of aromatic hydroxyl groups is 1. The Kier molecular flexibility index (Phi) is 5.70.